The number of anilines is 1. The molecular weight excluding hydrogens is 432 g/mol. The van der Waals surface area contributed by atoms with Gasteiger partial charge in [0, 0.05) is 5.69 Å². The van der Waals surface area contributed by atoms with E-state index in [9.17, 15) is 19.2 Å². The van der Waals surface area contributed by atoms with E-state index < -0.39 is 36.3 Å². The fourth-order valence-corrected chi connectivity index (χ4v) is 3.97. The van der Waals surface area contributed by atoms with Crippen molar-refractivity contribution in [3.8, 4) is 0 Å². The zero-order chi connectivity index (χ0) is 24.2. The Balaban J connectivity index is 1.44. The summed E-state index contributed by atoms with van der Waals surface area (Å²) in [6, 6.07) is 20.4. The second-order valence-corrected chi connectivity index (χ2v) is 7.96. The van der Waals surface area contributed by atoms with Gasteiger partial charge in [0.15, 0.2) is 6.61 Å². The first kappa shape index (κ1) is 22.9. The first-order chi connectivity index (χ1) is 16.4. The second kappa shape index (κ2) is 9.70. The molecule has 0 saturated heterocycles. The molecular formula is C27H24N2O5. The Morgan fingerprint density at radius 3 is 2.32 bits per heavy atom. The van der Waals surface area contributed by atoms with Crippen LogP contribution in [0.2, 0.25) is 0 Å². The van der Waals surface area contributed by atoms with Crippen LogP contribution in [-0.2, 0) is 16.0 Å². The molecule has 0 fully saturated rings. The highest BCUT2D eigenvalue weighted by atomic mass is 16.5. The first-order valence-corrected chi connectivity index (χ1v) is 11.0. The van der Waals surface area contributed by atoms with Crippen molar-refractivity contribution in [3.05, 3.63) is 101 Å². The van der Waals surface area contributed by atoms with Crippen molar-refractivity contribution in [1.82, 2.24) is 4.90 Å². The van der Waals surface area contributed by atoms with Gasteiger partial charge in [-0.25, -0.2) is 4.79 Å². The van der Waals surface area contributed by atoms with E-state index in [2.05, 4.69) is 5.32 Å². The Hall–Kier alpha value is -4.26. The van der Waals surface area contributed by atoms with Gasteiger partial charge in [-0.3, -0.25) is 19.3 Å². The second-order valence-electron chi connectivity index (χ2n) is 7.96. The van der Waals surface area contributed by atoms with Crippen molar-refractivity contribution in [2.75, 3.05) is 11.9 Å². The summed E-state index contributed by atoms with van der Waals surface area (Å²) in [7, 11) is 0. The van der Waals surface area contributed by atoms with Gasteiger partial charge in [0.1, 0.15) is 0 Å². The minimum Gasteiger partial charge on any atom is -0.452 e. The Kier molecular flexibility index (Phi) is 6.54. The average molecular weight is 456 g/mol. The van der Waals surface area contributed by atoms with Crippen LogP contribution in [0, 0.1) is 0 Å². The molecule has 0 unspecified atom stereocenters. The lowest BCUT2D eigenvalue weighted by atomic mass is 10.1. The third kappa shape index (κ3) is 4.45. The van der Waals surface area contributed by atoms with E-state index in [1.165, 1.54) is 23.1 Å². The number of esters is 1. The highest BCUT2D eigenvalue weighted by Crippen LogP contribution is 2.31. The molecule has 172 valence electrons. The van der Waals surface area contributed by atoms with E-state index in [1.807, 2.05) is 55.5 Å². The predicted octanol–water partition coefficient (Wildman–Crippen LogP) is 4.40. The molecule has 1 atom stereocenters. The average Bonchev–Trinajstić information content (AvgIpc) is 3.12. The number of carbonyl (C=O) groups is 4. The summed E-state index contributed by atoms with van der Waals surface area (Å²) < 4.78 is 5.14. The van der Waals surface area contributed by atoms with E-state index in [1.54, 1.807) is 13.0 Å². The van der Waals surface area contributed by atoms with Gasteiger partial charge in [-0.05, 0) is 48.7 Å². The van der Waals surface area contributed by atoms with Crippen LogP contribution in [0.1, 0.15) is 62.1 Å². The maximum Gasteiger partial charge on any atom is 0.338 e. The third-order valence-electron chi connectivity index (χ3n) is 5.83. The molecule has 0 saturated carbocycles. The van der Waals surface area contributed by atoms with Crippen molar-refractivity contribution in [1.29, 1.82) is 0 Å². The van der Waals surface area contributed by atoms with Crippen molar-refractivity contribution >= 4 is 29.4 Å². The van der Waals surface area contributed by atoms with Crippen LogP contribution in [0.4, 0.5) is 5.69 Å². The highest BCUT2D eigenvalue weighted by molar-refractivity contribution is 6.22. The maximum atomic E-state index is 13.0. The summed E-state index contributed by atoms with van der Waals surface area (Å²) in [4.78, 5) is 51.9. The van der Waals surface area contributed by atoms with Crippen LogP contribution in [0.3, 0.4) is 0 Å². The zero-order valence-electron chi connectivity index (χ0n) is 18.9. The number of hydrogen-bond donors (Lipinski definition) is 1. The molecule has 0 bridgehead atoms. The van der Waals surface area contributed by atoms with Crippen LogP contribution in [0.5, 0.6) is 0 Å². The summed E-state index contributed by atoms with van der Waals surface area (Å²) in [6.45, 7) is 3.28. The minimum absolute atomic E-state index is 0.0934. The van der Waals surface area contributed by atoms with Crippen molar-refractivity contribution in [2.45, 2.75) is 26.3 Å². The third-order valence-corrected chi connectivity index (χ3v) is 5.83. The van der Waals surface area contributed by atoms with Gasteiger partial charge in [-0.1, -0.05) is 55.5 Å². The van der Waals surface area contributed by atoms with E-state index in [4.69, 9.17) is 4.74 Å². The van der Waals surface area contributed by atoms with Crippen LogP contribution in [-0.4, -0.2) is 35.2 Å². The number of ether oxygens (including phenoxy) is 1. The fraction of sp³-hybridized carbons (Fsp3) is 0.185. The summed E-state index contributed by atoms with van der Waals surface area (Å²) in [5, 5.41) is 2.74. The monoisotopic (exact) mass is 456 g/mol. The van der Waals surface area contributed by atoms with Crippen molar-refractivity contribution in [2.24, 2.45) is 0 Å². The van der Waals surface area contributed by atoms with Crippen LogP contribution < -0.4 is 5.32 Å². The Labute approximate surface area is 197 Å². The number of amides is 3. The number of hydrogen-bond acceptors (Lipinski definition) is 5. The summed E-state index contributed by atoms with van der Waals surface area (Å²) >= 11 is 0. The maximum absolute atomic E-state index is 13.0. The molecule has 34 heavy (non-hydrogen) atoms. The number of rotatable bonds is 7. The standard InChI is InChI=1S/C27H24N2O5/c1-3-18-9-7-8-12-23(18)28-24(30)16-34-27(33)20-13-14-21-22(15-20)26(32)29(25(21)31)17(2)19-10-5-4-6-11-19/h4-15,17H,3,16H2,1-2H3,(H,28,30)/t17-/m1/s1. The summed E-state index contributed by atoms with van der Waals surface area (Å²) in [5.74, 6) is -2.11. The number of nitrogens with zero attached hydrogens (tertiary/aromatic N) is 1. The highest BCUT2D eigenvalue weighted by Gasteiger charge is 2.39. The quantitative estimate of drug-likeness (QED) is 0.420. The van der Waals surface area contributed by atoms with Crippen LogP contribution >= 0.6 is 0 Å². The molecule has 1 heterocycles. The van der Waals surface area contributed by atoms with Crippen molar-refractivity contribution < 1.29 is 23.9 Å². The molecule has 3 aromatic rings. The number of benzene rings is 3. The molecule has 3 amide bonds. The smallest absolute Gasteiger partial charge is 0.338 e. The van der Waals surface area contributed by atoms with Gasteiger partial charge in [0.2, 0.25) is 0 Å². The number of aryl methyl sites for hydroxylation is 1. The van der Waals surface area contributed by atoms with Gasteiger partial charge in [-0.2, -0.15) is 0 Å². The number of fused-ring (bicyclic) bond motifs is 1. The molecule has 0 aromatic heterocycles. The molecule has 0 aliphatic carbocycles. The lowest BCUT2D eigenvalue weighted by Gasteiger charge is -2.22. The van der Waals surface area contributed by atoms with Gasteiger partial charge in [0.05, 0.1) is 22.7 Å². The van der Waals surface area contributed by atoms with Gasteiger partial charge in [-0.15, -0.1) is 0 Å². The molecule has 7 heteroatoms. The number of imide groups is 1. The molecule has 3 aromatic carbocycles. The first-order valence-electron chi connectivity index (χ1n) is 11.0. The van der Waals surface area contributed by atoms with Crippen LogP contribution in [0.15, 0.2) is 72.8 Å². The SMILES string of the molecule is CCc1ccccc1NC(=O)COC(=O)c1ccc2c(c1)C(=O)N([C@H](C)c1ccccc1)C2=O. The zero-order valence-corrected chi connectivity index (χ0v) is 18.9. The topological polar surface area (TPSA) is 92.8 Å². The van der Waals surface area contributed by atoms with Crippen LogP contribution in [0.25, 0.3) is 0 Å². The van der Waals surface area contributed by atoms with E-state index >= 15 is 0 Å². The summed E-state index contributed by atoms with van der Waals surface area (Å²) in [5.41, 5.74) is 2.93. The van der Waals surface area contributed by atoms with Gasteiger partial charge < -0.3 is 10.1 Å². The number of para-hydroxylation sites is 1. The predicted molar refractivity (Wildman–Crippen MR) is 127 cm³/mol. The molecule has 7 nitrogen and oxygen atoms in total. The molecule has 0 radical (unpaired) electrons. The van der Waals surface area contributed by atoms with E-state index in [0.29, 0.717) is 5.69 Å². The largest absolute Gasteiger partial charge is 0.452 e. The number of carbonyl (C=O) groups excluding carboxylic acids is 4. The Morgan fingerprint density at radius 2 is 1.59 bits per heavy atom. The van der Waals surface area contributed by atoms with E-state index in [-0.39, 0.29) is 16.7 Å². The Bertz CT molecular complexity index is 1270. The fourth-order valence-electron chi connectivity index (χ4n) is 3.97. The molecule has 0 spiro atoms. The number of nitrogens with one attached hydrogen (secondary N) is 1. The molecule has 1 aliphatic rings. The lowest BCUT2D eigenvalue weighted by Crippen LogP contribution is -2.32. The minimum atomic E-state index is -0.753. The normalized spacial score (nSPS) is 13.4. The lowest BCUT2D eigenvalue weighted by molar-refractivity contribution is -0.119. The molecule has 1 aliphatic heterocycles. The summed E-state index contributed by atoms with van der Waals surface area (Å²) in [6.07, 6.45) is 0.748. The Morgan fingerprint density at radius 1 is 0.912 bits per heavy atom. The van der Waals surface area contributed by atoms with Crippen molar-refractivity contribution in [3.63, 3.8) is 0 Å². The van der Waals surface area contributed by atoms with E-state index in [0.717, 1.165) is 17.5 Å². The van der Waals surface area contributed by atoms with Gasteiger partial charge >= 0.3 is 5.97 Å². The van der Waals surface area contributed by atoms with Gasteiger partial charge in [0.25, 0.3) is 17.7 Å². The molecule has 4 rings (SSSR count). The molecule has 1 N–H and O–H groups in total.